The molecule has 0 bridgehead atoms. The average Bonchev–Trinajstić information content (AvgIpc) is 3.24. The maximum atomic E-state index is 12.2. The molecule has 3 nitrogen and oxygen atoms in total. The van der Waals surface area contributed by atoms with Crippen LogP contribution in [-0.4, -0.2) is 23.3 Å². The van der Waals surface area contributed by atoms with Gasteiger partial charge < -0.3 is 0 Å². The Hall–Kier alpha value is -1.16. The van der Waals surface area contributed by atoms with E-state index in [0.29, 0.717) is 17.7 Å². The lowest BCUT2D eigenvalue weighted by molar-refractivity contribution is 0.0651. The lowest BCUT2D eigenvalue weighted by atomic mass is 10.0. The van der Waals surface area contributed by atoms with Crippen molar-refractivity contribution < 1.29 is 9.59 Å². The fourth-order valence-corrected chi connectivity index (χ4v) is 4.65. The third kappa shape index (κ3) is 7.40. The molecule has 0 N–H and O–H groups in total. The first-order chi connectivity index (χ1) is 13.3. The predicted octanol–water partition coefficient (Wildman–Crippen LogP) is 7.22. The number of rotatable bonds is 16. The van der Waals surface area contributed by atoms with Crippen LogP contribution < -0.4 is 0 Å². The summed E-state index contributed by atoms with van der Waals surface area (Å²) in [7, 11) is 0. The van der Waals surface area contributed by atoms with E-state index in [-0.39, 0.29) is 11.8 Å². The monoisotopic (exact) mass is 391 g/mol. The largest absolute Gasteiger partial charge is 0.274 e. The van der Waals surface area contributed by atoms with Crippen molar-refractivity contribution in [1.82, 2.24) is 4.90 Å². The van der Waals surface area contributed by atoms with E-state index in [1.165, 1.54) is 99.7 Å². The topological polar surface area (TPSA) is 37.4 Å². The molecule has 27 heavy (non-hydrogen) atoms. The van der Waals surface area contributed by atoms with Gasteiger partial charge in [0.1, 0.15) is 0 Å². The van der Waals surface area contributed by atoms with Crippen LogP contribution in [0.4, 0.5) is 0 Å². The normalized spacial score (nSPS) is 13.6. The van der Waals surface area contributed by atoms with Gasteiger partial charge in [-0.25, -0.2) is 0 Å². The zero-order chi connectivity index (χ0) is 19.3. The number of imide groups is 1. The van der Waals surface area contributed by atoms with Crippen molar-refractivity contribution in [3.8, 4) is 0 Å². The fourth-order valence-electron chi connectivity index (χ4n) is 3.86. The van der Waals surface area contributed by atoms with E-state index in [2.05, 4.69) is 6.92 Å². The van der Waals surface area contributed by atoms with Crippen LogP contribution in [0.2, 0.25) is 0 Å². The molecule has 0 aliphatic carbocycles. The molecule has 1 aliphatic rings. The lowest BCUT2D eigenvalue weighted by Crippen LogP contribution is -2.30. The Morgan fingerprint density at radius 3 is 1.41 bits per heavy atom. The van der Waals surface area contributed by atoms with Gasteiger partial charge in [0.15, 0.2) is 0 Å². The molecular weight excluding hydrogens is 354 g/mol. The number of unbranched alkanes of at least 4 members (excludes halogenated alkanes) is 14. The molecule has 152 valence electrons. The molecule has 2 heterocycles. The Balaban J connectivity index is 1.36. The maximum Gasteiger partial charge on any atom is 0.262 e. The number of carbonyl (C=O) groups excluding carboxylic acids is 2. The molecule has 0 saturated heterocycles. The first-order valence-corrected chi connectivity index (χ1v) is 12.1. The minimum absolute atomic E-state index is 0.0957. The van der Waals surface area contributed by atoms with Crippen LogP contribution >= 0.6 is 11.3 Å². The molecule has 0 saturated carbocycles. The minimum Gasteiger partial charge on any atom is -0.274 e. The summed E-state index contributed by atoms with van der Waals surface area (Å²) in [5, 5.41) is 3.59. The summed E-state index contributed by atoms with van der Waals surface area (Å²) < 4.78 is 0. The Kier molecular flexibility index (Phi) is 10.7. The quantitative estimate of drug-likeness (QED) is 0.220. The molecule has 0 fully saturated rings. The van der Waals surface area contributed by atoms with Crippen molar-refractivity contribution in [1.29, 1.82) is 0 Å². The van der Waals surface area contributed by atoms with Gasteiger partial charge in [-0.15, -0.1) is 0 Å². The second-order valence-corrected chi connectivity index (χ2v) is 8.65. The fraction of sp³-hybridized carbons (Fsp3) is 0.739. The van der Waals surface area contributed by atoms with Crippen LogP contribution in [0, 0.1) is 0 Å². The highest BCUT2D eigenvalue weighted by atomic mass is 32.1. The maximum absolute atomic E-state index is 12.2. The van der Waals surface area contributed by atoms with Gasteiger partial charge in [-0.2, -0.15) is 11.3 Å². The molecule has 4 heteroatoms. The van der Waals surface area contributed by atoms with Crippen molar-refractivity contribution in [2.45, 2.75) is 103 Å². The Bertz CT molecular complexity index is 536. The summed E-state index contributed by atoms with van der Waals surface area (Å²) in [6, 6.07) is 0. The van der Waals surface area contributed by atoms with Gasteiger partial charge in [-0.05, 0) is 6.42 Å². The smallest absolute Gasteiger partial charge is 0.262 e. The van der Waals surface area contributed by atoms with Crippen molar-refractivity contribution in [2.75, 3.05) is 6.54 Å². The Labute approximate surface area is 169 Å². The molecule has 1 aromatic rings. The number of hydrogen-bond acceptors (Lipinski definition) is 3. The summed E-state index contributed by atoms with van der Waals surface area (Å²) in [4.78, 5) is 25.7. The van der Waals surface area contributed by atoms with Crippen molar-refractivity contribution in [3.63, 3.8) is 0 Å². The van der Waals surface area contributed by atoms with E-state index in [0.717, 1.165) is 12.8 Å². The Morgan fingerprint density at radius 2 is 1.00 bits per heavy atom. The van der Waals surface area contributed by atoms with Crippen molar-refractivity contribution in [3.05, 3.63) is 21.9 Å². The molecular formula is C23H37NO2S. The van der Waals surface area contributed by atoms with Crippen LogP contribution in [0.15, 0.2) is 10.8 Å². The molecule has 0 aromatic carbocycles. The van der Waals surface area contributed by atoms with Crippen molar-refractivity contribution >= 4 is 23.2 Å². The molecule has 1 aliphatic heterocycles. The van der Waals surface area contributed by atoms with Crippen molar-refractivity contribution in [2.24, 2.45) is 0 Å². The van der Waals surface area contributed by atoms with E-state index < -0.39 is 0 Å². The highest BCUT2D eigenvalue weighted by molar-refractivity contribution is 7.08. The van der Waals surface area contributed by atoms with Crippen LogP contribution in [-0.2, 0) is 0 Å². The van der Waals surface area contributed by atoms with Gasteiger partial charge in [0.25, 0.3) is 11.8 Å². The summed E-state index contributed by atoms with van der Waals surface area (Å²) in [5.74, 6) is -0.191. The van der Waals surface area contributed by atoms with Crippen LogP contribution in [0.3, 0.4) is 0 Å². The third-order valence-corrected chi connectivity index (χ3v) is 6.34. The molecule has 2 amide bonds. The van der Waals surface area contributed by atoms with Gasteiger partial charge >= 0.3 is 0 Å². The van der Waals surface area contributed by atoms with Gasteiger partial charge in [0, 0.05) is 17.3 Å². The molecule has 0 atom stereocenters. The van der Waals surface area contributed by atoms with E-state index in [4.69, 9.17) is 0 Å². The predicted molar refractivity (Wildman–Crippen MR) is 115 cm³/mol. The first kappa shape index (κ1) is 22.1. The second-order valence-electron chi connectivity index (χ2n) is 7.91. The summed E-state index contributed by atoms with van der Waals surface area (Å²) in [6.45, 7) is 2.85. The third-order valence-electron chi connectivity index (χ3n) is 5.60. The van der Waals surface area contributed by atoms with Gasteiger partial charge in [-0.1, -0.05) is 96.8 Å². The Morgan fingerprint density at radius 1 is 0.630 bits per heavy atom. The number of thiophene rings is 1. The summed E-state index contributed by atoms with van der Waals surface area (Å²) in [5.41, 5.74) is 1.21. The number of nitrogens with zero attached hydrogens (tertiary/aromatic N) is 1. The van der Waals surface area contributed by atoms with E-state index in [1.54, 1.807) is 10.8 Å². The van der Waals surface area contributed by atoms with Crippen LogP contribution in [0.25, 0.3) is 0 Å². The number of carbonyl (C=O) groups is 2. The number of hydrogen-bond donors (Lipinski definition) is 0. The average molecular weight is 392 g/mol. The van der Waals surface area contributed by atoms with Gasteiger partial charge in [0.05, 0.1) is 11.1 Å². The summed E-state index contributed by atoms with van der Waals surface area (Å²) in [6.07, 6.45) is 19.9. The molecule has 0 radical (unpaired) electrons. The molecule has 0 unspecified atom stereocenters. The zero-order valence-corrected chi connectivity index (χ0v) is 18.0. The van der Waals surface area contributed by atoms with Crippen LogP contribution in [0.5, 0.6) is 0 Å². The number of amides is 2. The lowest BCUT2D eigenvalue weighted by Gasteiger charge is -2.13. The highest BCUT2D eigenvalue weighted by Gasteiger charge is 2.35. The van der Waals surface area contributed by atoms with Gasteiger partial charge in [0.2, 0.25) is 0 Å². The zero-order valence-electron chi connectivity index (χ0n) is 17.1. The van der Waals surface area contributed by atoms with E-state index in [1.807, 2.05) is 0 Å². The SMILES string of the molecule is CCCCCCCCCCCCCCCCCN1C(=O)c2cscc2C1=O. The highest BCUT2D eigenvalue weighted by Crippen LogP contribution is 2.26. The molecule has 0 spiro atoms. The van der Waals surface area contributed by atoms with E-state index >= 15 is 0 Å². The standard InChI is InChI=1S/C23H37NO2S/c1-2-3-4-5-6-7-8-9-10-11-12-13-14-15-16-17-24-22(25)20-18-27-19-21(20)23(24)26/h18-19H,2-17H2,1H3. The molecule has 1 aromatic heterocycles. The minimum atomic E-state index is -0.0957. The number of fused-ring (bicyclic) bond motifs is 1. The summed E-state index contributed by atoms with van der Waals surface area (Å²) >= 11 is 1.43. The van der Waals surface area contributed by atoms with Crippen LogP contribution in [0.1, 0.15) is 124 Å². The van der Waals surface area contributed by atoms with E-state index in [9.17, 15) is 9.59 Å². The first-order valence-electron chi connectivity index (χ1n) is 11.2. The second kappa shape index (κ2) is 13.1. The molecule has 2 rings (SSSR count). The van der Waals surface area contributed by atoms with Gasteiger partial charge in [-0.3, -0.25) is 14.5 Å².